The van der Waals surface area contributed by atoms with Gasteiger partial charge in [0.05, 0.1) is 24.9 Å². The topological polar surface area (TPSA) is 112 Å². The Bertz CT molecular complexity index is 1740. The molecule has 3 N–H and O–H groups in total. The van der Waals surface area contributed by atoms with Gasteiger partial charge in [0, 0.05) is 29.5 Å². The monoisotopic (exact) mass is 790 g/mol. The first kappa shape index (κ1) is 43.5. The second-order valence-corrected chi connectivity index (χ2v) is 14.9. The summed E-state index contributed by atoms with van der Waals surface area (Å²) in [7, 11) is -1.87. The smallest absolute Gasteiger partial charge is 0.303 e. The molecule has 0 aliphatic heterocycles. The van der Waals surface area contributed by atoms with Crippen molar-refractivity contribution in [3.63, 3.8) is 0 Å². The molecule has 5 rings (SSSR count). The van der Waals surface area contributed by atoms with E-state index < -0.39 is 24.9 Å². The zero-order valence-corrected chi connectivity index (χ0v) is 31.0. The number of allylic oxidation sites excluding steroid dienone is 1. The van der Waals surface area contributed by atoms with Crippen LogP contribution in [0.3, 0.4) is 0 Å². The van der Waals surface area contributed by atoms with Crippen LogP contribution in [-0.4, -0.2) is 40.0 Å². The predicted octanol–water partition coefficient (Wildman–Crippen LogP) is 4.29. The summed E-state index contributed by atoms with van der Waals surface area (Å²) in [4.78, 5) is 31.3. The van der Waals surface area contributed by atoms with E-state index in [1.54, 1.807) is 24.3 Å². The molecule has 52 heavy (non-hydrogen) atoms. The third kappa shape index (κ3) is 12.5. The molecule has 10 heteroatoms. The SMILES string of the molecule is O=C(O)CCC[P+](c1ccccc1)(c1ccccc1)c1ccccc1.O=CCC/C=C/c1cccc(CO)c1F.O=Cc1cccc(CO)c1F.[Br-]. The Morgan fingerprint density at radius 3 is 1.46 bits per heavy atom. The Morgan fingerprint density at radius 2 is 1.06 bits per heavy atom. The fraction of sp³-hybridized carbons (Fsp3) is 0.167. The number of carboxylic acids is 1. The van der Waals surface area contributed by atoms with Gasteiger partial charge >= 0.3 is 5.97 Å². The molecule has 0 fully saturated rings. The number of benzene rings is 5. The van der Waals surface area contributed by atoms with Crippen molar-refractivity contribution in [1.82, 2.24) is 0 Å². The number of aliphatic hydroxyl groups is 2. The normalized spacial score (nSPS) is 10.5. The minimum atomic E-state index is -1.87. The summed E-state index contributed by atoms with van der Waals surface area (Å²) >= 11 is 0. The van der Waals surface area contributed by atoms with Gasteiger partial charge in [-0.3, -0.25) is 9.59 Å². The van der Waals surface area contributed by atoms with Crippen LogP contribution >= 0.6 is 7.26 Å². The third-order valence-electron chi connectivity index (χ3n) is 7.91. The highest BCUT2D eigenvalue weighted by molar-refractivity contribution is 7.95. The number of carbonyl (C=O) groups excluding carboxylic acids is 2. The Balaban J connectivity index is 0.000000296. The molecule has 0 saturated carbocycles. The molecule has 0 amide bonds. The van der Waals surface area contributed by atoms with E-state index in [1.807, 2.05) is 18.2 Å². The first-order valence-corrected chi connectivity index (χ1v) is 18.4. The fourth-order valence-electron chi connectivity index (χ4n) is 5.39. The van der Waals surface area contributed by atoms with Gasteiger partial charge in [-0.25, -0.2) is 8.78 Å². The summed E-state index contributed by atoms with van der Waals surface area (Å²) in [6.45, 7) is -0.685. The molecule has 0 aliphatic carbocycles. The summed E-state index contributed by atoms with van der Waals surface area (Å²) in [5.74, 6) is -1.76. The zero-order valence-electron chi connectivity index (χ0n) is 28.5. The Labute approximate surface area is 314 Å². The first-order chi connectivity index (χ1) is 24.8. The van der Waals surface area contributed by atoms with Crippen molar-refractivity contribution in [2.24, 2.45) is 0 Å². The molecular weight excluding hydrogens is 749 g/mol. The summed E-state index contributed by atoms with van der Waals surface area (Å²) in [6, 6.07) is 40.9. The number of hydrogen-bond donors (Lipinski definition) is 3. The van der Waals surface area contributed by atoms with E-state index in [0.29, 0.717) is 31.1 Å². The van der Waals surface area contributed by atoms with Crippen molar-refractivity contribution in [1.29, 1.82) is 0 Å². The molecule has 5 aromatic carbocycles. The lowest BCUT2D eigenvalue weighted by molar-refractivity contribution is -0.137. The van der Waals surface area contributed by atoms with Gasteiger partial charge in [-0.1, -0.05) is 97.1 Å². The highest BCUT2D eigenvalue weighted by Crippen LogP contribution is 2.55. The Morgan fingerprint density at radius 1 is 0.615 bits per heavy atom. The Kier molecular flexibility index (Phi) is 19.9. The van der Waals surface area contributed by atoms with Gasteiger partial charge in [0.1, 0.15) is 41.1 Å². The number of hydrogen-bond acceptors (Lipinski definition) is 5. The van der Waals surface area contributed by atoms with Crippen molar-refractivity contribution >= 4 is 47.8 Å². The second kappa shape index (κ2) is 23.7. The number of carboxylic acid groups (broad SMARTS) is 1. The molecule has 0 spiro atoms. The number of unbranched alkanes of at least 4 members (excludes halogenated alkanes) is 1. The first-order valence-electron chi connectivity index (χ1n) is 16.4. The van der Waals surface area contributed by atoms with Crippen LogP contribution in [0.15, 0.2) is 133 Å². The van der Waals surface area contributed by atoms with Crippen LogP contribution in [0.25, 0.3) is 6.08 Å². The van der Waals surface area contributed by atoms with Crippen LogP contribution in [0.2, 0.25) is 0 Å². The lowest BCUT2D eigenvalue weighted by Crippen LogP contribution is -3.00. The standard InChI is InChI=1S/C22H21O2P.C12H13FO2.C8H7FO2.BrH/c23-22(24)17-10-18-25(19-11-4-1-5-12-19,20-13-6-2-7-14-20)21-15-8-3-9-16-21;13-12-10(5-2-1-3-8-14)6-4-7-11(12)9-15;9-8-6(4-10)2-1-3-7(8)5-11;/h1-9,11-16H,10,17-18H2;2,4-8,15H,1,3,9H2;1-4,11H,5H2;1H/b;5-2+;;. The second-order valence-electron chi connectivity index (χ2n) is 11.3. The summed E-state index contributed by atoms with van der Waals surface area (Å²) < 4.78 is 26.4. The molecule has 0 radical (unpaired) electrons. The van der Waals surface area contributed by atoms with E-state index in [0.717, 1.165) is 12.4 Å². The number of aldehydes is 2. The number of halogens is 3. The molecule has 0 unspecified atom stereocenters. The molecule has 0 heterocycles. The van der Waals surface area contributed by atoms with Crippen LogP contribution in [0.1, 0.15) is 52.7 Å². The third-order valence-corrected chi connectivity index (χ3v) is 12.4. The van der Waals surface area contributed by atoms with Crippen LogP contribution in [0.4, 0.5) is 8.78 Å². The van der Waals surface area contributed by atoms with Gasteiger partial charge < -0.3 is 37.1 Å². The molecule has 0 atom stereocenters. The van der Waals surface area contributed by atoms with E-state index in [-0.39, 0.29) is 53.3 Å². The van der Waals surface area contributed by atoms with Gasteiger partial charge in [0.25, 0.3) is 0 Å². The highest BCUT2D eigenvalue weighted by atomic mass is 79.9. The van der Waals surface area contributed by atoms with E-state index in [2.05, 4.69) is 72.8 Å². The van der Waals surface area contributed by atoms with E-state index in [9.17, 15) is 23.2 Å². The van der Waals surface area contributed by atoms with Crippen LogP contribution in [0, 0.1) is 11.6 Å². The lowest BCUT2D eigenvalue weighted by atomic mass is 10.1. The van der Waals surface area contributed by atoms with Gasteiger partial charge in [0.2, 0.25) is 0 Å². The van der Waals surface area contributed by atoms with Crippen molar-refractivity contribution in [2.75, 3.05) is 6.16 Å². The molecule has 6 nitrogen and oxygen atoms in total. The molecule has 0 aromatic heterocycles. The van der Waals surface area contributed by atoms with Gasteiger partial charge in [-0.2, -0.15) is 0 Å². The van der Waals surface area contributed by atoms with E-state index in [4.69, 9.17) is 15.3 Å². The average Bonchev–Trinajstić information content (AvgIpc) is 3.17. The molecule has 0 saturated heterocycles. The number of aliphatic hydroxyl groups excluding tert-OH is 2. The molecule has 272 valence electrons. The highest BCUT2D eigenvalue weighted by Gasteiger charge is 2.44. The molecule has 5 aromatic rings. The predicted molar refractivity (Wildman–Crippen MR) is 201 cm³/mol. The largest absolute Gasteiger partial charge is 1.00 e. The van der Waals surface area contributed by atoms with Crippen molar-refractivity contribution < 1.29 is 55.5 Å². The maximum Gasteiger partial charge on any atom is 0.303 e. The van der Waals surface area contributed by atoms with Gasteiger partial charge in [-0.05, 0) is 55.3 Å². The summed E-state index contributed by atoms with van der Waals surface area (Å²) in [6.07, 6.45) is 7.39. The van der Waals surface area contributed by atoms with E-state index in [1.165, 1.54) is 40.2 Å². The number of carbonyl (C=O) groups is 3. The minimum absolute atomic E-state index is 0. The zero-order chi connectivity index (χ0) is 36.9. The van der Waals surface area contributed by atoms with Crippen molar-refractivity contribution in [3.8, 4) is 0 Å². The lowest BCUT2D eigenvalue weighted by Gasteiger charge is -2.27. The van der Waals surface area contributed by atoms with E-state index >= 15 is 0 Å². The molecule has 0 aliphatic rings. The quantitative estimate of drug-likeness (QED) is 0.0881. The van der Waals surface area contributed by atoms with Crippen LogP contribution < -0.4 is 32.9 Å². The van der Waals surface area contributed by atoms with Crippen LogP contribution in [0.5, 0.6) is 0 Å². The van der Waals surface area contributed by atoms with Crippen molar-refractivity contribution in [3.05, 3.63) is 167 Å². The number of aliphatic carboxylic acids is 1. The summed E-state index contributed by atoms with van der Waals surface area (Å²) in [5.41, 5.74) is 0.853. The van der Waals surface area contributed by atoms with Gasteiger partial charge in [0.15, 0.2) is 6.29 Å². The minimum Gasteiger partial charge on any atom is -1.00 e. The van der Waals surface area contributed by atoms with Gasteiger partial charge in [-0.15, -0.1) is 0 Å². The maximum atomic E-state index is 13.5. The maximum absolute atomic E-state index is 13.5. The molecule has 0 bridgehead atoms. The van der Waals surface area contributed by atoms with Crippen LogP contribution in [-0.2, 0) is 22.8 Å². The fourth-order valence-corrected chi connectivity index (χ4v) is 9.73. The number of rotatable bonds is 14. The van der Waals surface area contributed by atoms with Crippen molar-refractivity contribution in [2.45, 2.75) is 38.9 Å². The Hall–Kier alpha value is -4.66. The summed E-state index contributed by atoms with van der Waals surface area (Å²) in [5, 5.41) is 30.5. The average molecular weight is 792 g/mol. The molecular formula is C42H42BrF2O6P.